The summed E-state index contributed by atoms with van der Waals surface area (Å²) in [6.45, 7) is 2.05. The van der Waals surface area contributed by atoms with Crippen LogP contribution >= 0.6 is 11.8 Å². The number of hydrogen-bond donors (Lipinski definition) is 1. The summed E-state index contributed by atoms with van der Waals surface area (Å²) in [7, 11) is -4.17. The number of nitrogens with zero attached hydrogens (tertiary/aromatic N) is 1. The van der Waals surface area contributed by atoms with Crippen LogP contribution in [0.2, 0.25) is 0 Å². The first-order valence-electron chi connectivity index (χ1n) is 10.9. The Hall–Kier alpha value is -3.43. The fourth-order valence-corrected chi connectivity index (χ4v) is 6.32. The zero-order valence-corrected chi connectivity index (χ0v) is 20.7. The van der Waals surface area contributed by atoms with E-state index in [1.165, 1.54) is 17.0 Å². The van der Waals surface area contributed by atoms with Crippen LogP contribution in [0.15, 0.2) is 87.2 Å². The van der Waals surface area contributed by atoms with E-state index >= 15 is 0 Å². The topological polar surface area (TPSA) is 93.1 Å². The number of benzene rings is 3. The lowest BCUT2D eigenvalue weighted by Crippen LogP contribution is -2.30. The molecule has 35 heavy (non-hydrogen) atoms. The molecule has 0 spiro atoms. The van der Waals surface area contributed by atoms with Crippen molar-refractivity contribution < 1.29 is 27.8 Å². The highest BCUT2D eigenvalue weighted by molar-refractivity contribution is 7.98. The van der Waals surface area contributed by atoms with Crippen molar-refractivity contribution in [3.8, 4) is 11.5 Å². The van der Waals surface area contributed by atoms with E-state index < -0.39 is 27.5 Å². The third-order valence-corrected chi connectivity index (χ3v) is 8.73. The van der Waals surface area contributed by atoms with Gasteiger partial charge in [0.15, 0.2) is 17.3 Å². The van der Waals surface area contributed by atoms with Gasteiger partial charge in [-0.15, -0.1) is 11.8 Å². The highest BCUT2D eigenvalue weighted by Gasteiger charge is 2.46. The van der Waals surface area contributed by atoms with Gasteiger partial charge in [0.2, 0.25) is 16.6 Å². The first-order chi connectivity index (χ1) is 16.8. The van der Waals surface area contributed by atoms with Crippen LogP contribution in [0.25, 0.3) is 0 Å². The van der Waals surface area contributed by atoms with Crippen LogP contribution in [0, 0.1) is 6.92 Å². The van der Waals surface area contributed by atoms with Gasteiger partial charge in [-0.1, -0.05) is 35.9 Å². The van der Waals surface area contributed by atoms with Crippen molar-refractivity contribution >= 4 is 27.5 Å². The van der Waals surface area contributed by atoms with Gasteiger partial charge < -0.3 is 19.5 Å². The minimum Gasteiger partial charge on any atom is -0.502 e. The Morgan fingerprint density at radius 1 is 1.00 bits per heavy atom. The Labute approximate surface area is 207 Å². The smallest absolute Gasteiger partial charge is 0.290 e. The van der Waals surface area contributed by atoms with E-state index in [1.54, 1.807) is 54.2 Å². The average Bonchev–Trinajstić information content (AvgIpc) is 3.42. The first-order valence-corrected chi connectivity index (χ1v) is 13.6. The second-order valence-electron chi connectivity index (χ2n) is 8.33. The molecule has 0 aromatic heterocycles. The van der Waals surface area contributed by atoms with E-state index in [1.807, 2.05) is 25.3 Å². The molecule has 2 aliphatic heterocycles. The predicted octanol–water partition coefficient (Wildman–Crippen LogP) is 4.77. The molecular weight excluding hydrogens is 486 g/mol. The first kappa shape index (κ1) is 23.3. The number of carbonyl (C=O) groups is 1. The van der Waals surface area contributed by atoms with E-state index in [0.29, 0.717) is 17.1 Å². The zero-order chi connectivity index (χ0) is 24.7. The van der Waals surface area contributed by atoms with Crippen molar-refractivity contribution in [3.05, 3.63) is 94.1 Å². The van der Waals surface area contributed by atoms with Crippen LogP contribution in [0.4, 0.5) is 0 Å². The average molecular weight is 510 g/mol. The number of ether oxygens (including phenoxy) is 2. The minimum absolute atomic E-state index is 0.0214. The van der Waals surface area contributed by atoms with Gasteiger partial charge in [-0.2, -0.15) is 0 Å². The molecule has 7 nitrogen and oxygen atoms in total. The zero-order valence-electron chi connectivity index (χ0n) is 19.1. The molecule has 0 fully saturated rings. The summed E-state index contributed by atoms with van der Waals surface area (Å²) in [5.41, 5.74) is 2.21. The molecule has 3 aromatic rings. The van der Waals surface area contributed by atoms with Gasteiger partial charge in [0.05, 0.1) is 10.9 Å². The molecule has 2 heterocycles. The number of rotatable bonds is 6. The van der Waals surface area contributed by atoms with Gasteiger partial charge in [-0.25, -0.2) is 8.42 Å². The van der Waals surface area contributed by atoms with Gasteiger partial charge in [-0.3, -0.25) is 4.79 Å². The third-order valence-electron chi connectivity index (χ3n) is 6.10. The lowest BCUT2D eigenvalue weighted by Gasteiger charge is -2.27. The van der Waals surface area contributed by atoms with Crippen molar-refractivity contribution in [3.63, 3.8) is 0 Å². The fraction of sp³-hybridized carbons (Fsp3) is 0.192. The summed E-state index contributed by atoms with van der Waals surface area (Å²) in [4.78, 5) is 15.4. The Bertz CT molecular complexity index is 1430. The van der Waals surface area contributed by atoms with Crippen LogP contribution in [-0.4, -0.2) is 37.4 Å². The maximum absolute atomic E-state index is 13.7. The van der Waals surface area contributed by atoms with E-state index in [0.717, 1.165) is 16.0 Å². The highest BCUT2D eigenvalue weighted by atomic mass is 32.2. The van der Waals surface area contributed by atoms with Crippen LogP contribution in [0.5, 0.6) is 11.5 Å². The van der Waals surface area contributed by atoms with E-state index in [4.69, 9.17) is 9.47 Å². The number of aliphatic hydroxyl groups excluding tert-OH is 1. The van der Waals surface area contributed by atoms with E-state index in [9.17, 15) is 18.3 Å². The maximum Gasteiger partial charge on any atom is 0.290 e. The quantitative estimate of drug-likeness (QED) is 0.479. The van der Waals surface area contributed by atoms with Crippen LogP contribution in [0.3, 0.4) is 0 Å². The Kier molecular flexibility index (Phi) is 5.98. The number of aliphatic hydroxyl groups is 1. The number of sulfone groups is 1. The molecule has 0 saturated carbocycles. The molecule has 3 aromatic carbocycles. The van der Waals surface area contributed by atoms with E-state index in [-0.39, 0.29) is 23.1 Å². The van der Waals surface area contributed by atoms with Crippen molar-refractivity contribution in [2.24, 2.45) is 0 Å². The van der Waals surface area contributed by atoms with E-state index in [2.05, 4.69) is 0 Å². The van der Waals surface area contributed by atoms with Crippen molar-refractivity contribution in [1.29, 1.82) is 0 Å². The summed E-state index contributed by atoms with van der Waals surface area (Å²) < 4.78 is 38.3. The summed E-state index contributed by atoms with van der Waals surface area (Å²) in [5, 5.41) is 10.9. The third kappa shape index (κ3) is 4.15. The lowest BCUT2D eigenvalue weighted by molar-refractivity contribution is -0.130. The number of amides is 1. The molecule has 5 rings (SSSR count). The number of hydrogen-bond acceptors (Lipinski definition) is 7. The van der Waals surface area contributed by atoms with Gasteiger partial charge in [0, 0.05) is 11.4 Å². The molecular formula is C26H23NO6S2. The van der Waals surface area contributed by atoms with Gasteiger partial charge in [0.1, 0.15) is 4.91 Å². The SMILES string of the molecule is CSc1ccc([C@@H]2C(S(=O)(=O)c3ccc(C)cc3)=C(O)C(=O)N2Cc2ccc3c(c2)OCO3)cc1. The minimum atomic E-state index is -4.17. The van der Waals surface area contributed by atoms with Crippen molar-refractivity contribution in [2.45, 2.75) is 29.3 Å². The molecule has 9 heteroatoms. The summed E-state index contributed by atoms with van der Waals surface area (Å²) >= 11 is 1.55. The van der Waals surface area contributed by atoms with Gasteiger partial charge in [-0.05, 0) is 60.7 Å². The Morgan fingerprint density at radius 3 is 2.37 bits per heavy atom. The second-order valence-corrected chi connectivity index (χ2v) is 11.1. The normalized spacial score (nSPS) is 17.4. The number of carbonyl (C=O) groups excluding carboxylic acids is 1. The molecule has 1 atom stereocenters. The monoisotopic (exact) mass is 509 g/mol. The molecule has 0 unspecified atom stereocenters. The standard InChI is InChI=1S/C26H23NO6S2/c1-16-3-10-20(11-4-16)35(30,31)25-23(18-6-8-19(34-2)9-7-18)27(26(29)24(25)28)14-17-5-12-21-22(13-17)33-15-32-21/h3-13,23,28H,14-15H2,1-2H3/t23-/m1/s1. The predicted molar refractivity (Wildman–Crippen MR) is 132 cm³/mol. The van der Waals surface area contributed by atoms with Gasteiger partial charge >= 0.3 is 0 Å². The van der Waals surface area contributed by atoms with Crippen LogP contribution < -0.4 is 9.47 Å². The second kappa shape index (κ2) is 8.98. The summed E-state index contributed by atoms with van der Waals surface area (Å²) in [6.07, 6.45) is 1.94. The van der Waals surface area contributed by atoms with Crippen LogP contribution in [-0.2, 0) is 21.2 Å². The van der Waals surface area contributed by atoms with Gasteiger partial charge in [0.25, 0.3) is 5.91 Å². The number of fused-ring (bicyclic) bond motifs is 1. The summed E-state index contributed by atoms with van der Waals surface area (Å²) in [6, 6.07) is 18.0. The largest absolute Gasteiger partial charge is 0.502 e. The molecule has 0 aliphatic carbocycles. The summed E-state index contributed by atoms with van der Waals surface area (Å²) in [5.74, 6) is -0.341. The fourth-order valence-electron chi connectivity index (χ4n) is 4.26. The van der Waals surface area contributed by atoms with Crippen molar-refractivity contribution in [2.75, 3.05) is 13.0 Å². The molecule has 0 radical (unpaired) electrons. The Balaban J connectivity index is 1.60. The molecule has 1 amide bonds. The molecule has 0 bridgehead atoms. The lowest BCUT2D eigenvalue weighted by atomic mass is 10.1. The van der Waals surface area contributed by atoms with Crippen LogP contribution in [0.1, 0.15) is 22.7 Å². The number of aryl methyl sites for hydroxylation is 1. The Morgan fingerprint density at radius 2 is 1.69 bits per heavy atom. The molecule has 0 saturated heterocycles. The maximum atomic E-state index is 13.7. The molecule has 1 N–H and O–H groups in total. The number of thioether (sulfide) groups is 1. The molecule has 2 aliphatic rings. The molecule has 180 valence electrons. The highest BCUT2D eigenvalue weighted by Crippen LogP contribution is 2.44. The van der Waals surface area contributed by atoms with Crippen molar-refractivity contribution in [1.82, 2.24) is 4.90 Å².